The molecule has 0 bridgehead atoms. The predicted octanol–water partition coefficient (Wildman–Crippen LogP) is 2.97. The number of hydrazone groups is 2. The molecule has 0 fully saturated rings. The Balaban J connectivity index is 0.00000436. The third kappa shape index (κ3) is 14.6. The van der Waals surface area contributed by atoms with Crippen molar-refractivity contribution in [3.63, 3.8) is 0 Å². The van der Waals surface area contributed by atoms with Crippen LogP contribution in [0.5, 0.6) is 0 Å². The van der Waals surface area contributed by atoms with Gasteiger partial charge in [-0.2, -0.15) is 10.2 Å². The van der Waals surface area contributed by atoms with E-state index in [0.717, 1.165) is 37.7 Å². The van der Waals surface area contributed by atoms with Gasteiger partial charge in [-0.05, 0) is 38.0 Å². The first-order chi connectivity index (χ1) is 15.1. The Labute approximate surface area is 186 Å². The Morgan fingerprint density at radius 2 is 2.10 bits per heavy atom. The predicted molar refractivity (Wildman–Crippen MR) is 130 cm³/mol. The third-order valence-corrected chi connectivity index (χ3v) is 4.23. The van der Waals surface area contributed by atoms with Crippen LogP contribution >= 0.6 is 0 Å². The van der Waals surface area contributed by atoms with Gasteiger partial charge in [0.2, 0.25) is 5.91 Å². The fourth-order valence-electron chi connectivity index (χ4n) is 2.59. The van der Waals surface area contributed by atoms with Crippen LogP contribution in [0.25, 0.3) is 0 Å². The van der Waals surface area contributed by atoms with Gasteiger partial charge in [0.15, 0.2) is 0 Å². The van der Waals surface area contributed by atoms with Gasteiger partial charge in [0.25, 0.3) is 0 Å². The van der Waals surface area contributed by atoms with Gasteiger partial charge in [0.05, 0.1) is 6.54 Å². The number of nitrogens with two attached hydrogens (primary N) is 1. The molecule has 8 heteroatoms. The van der Waals surface area contributed by atoms with Crippen molar-refractivity contribution in [1.82, 2.24) is 15.3 Å². The summed E-state index contributed by atoms with van der Waals surface area (Å²) in [4.78, 5) is 22.4. The topological polar surface area (TPSA) is 103 Å². The van der Waals surface area contributed by atoms with Crippen molar-refractivity contribution in [1.29, 1.82) is 0 Å². The summed E-state index contributed by atoms with van der Waals surface area (Å²) in [6.45, 7) is 6.72. The van der Waals surface area contributed by atoms with Crippen LogP contribution in [0.2, 0.25) is 0 Å². The summed E-state index contributed by atoms with van der Waals surface area (Å²) >= 11 is 0. The molecule has 1 aliphatic rings. The van der Waals surface area contributed by atoms with Crippen LogP contribution in [-0.2, 0) is 9.59 Å². The largest absolute Gasteiger partial charge is 0.352 e. The Bertz CT molecular complexity index is 680. The Morgan fingerprint density at radius 1 is 1.32 bits per heavy atom. The first-order valence-corrected chi connectivity index (χ1v) is 10.6. The molecule has 3 N–H and O–H groups in total. The van der Waals surface area contributed by atoms with Gasteiger partial charge in [-0.3, -0.25) is 19.6 Å². The minimum Gasteiger partial charge on any atom is -0.352 e. The maximum Gasteiger partial charge on any atom is 0.220 e. The second-order valence-electron chi connectivity index (χ2n) is 6.66. The zero-order valence-electron chi connectivity index (χ0n) is 19.2. The number of hydrogen-bond donors (Lipinski definition) is 2. The lowest BCUT2D eigenvalue weighted by Gasteiger charge is -2.14. The number of amides is 1. The van der Waals surface area contributed by atoms with Crippen molar-refractivity contribution >= 4 is 24.6 Å². The van der Waals surface area contributed by atoms with Gasteiger partial charge < -0.3 is 11.1 Å². The number of unbranched alkanes of at least 4 members (excludes halogenated alkanes) is 1. The van der Waals surface area contributed by atoms with Crippen LogP contribution in [0, 0.1) is 0 Å². The monoisotopic (exact) mass is 430 g/mol. The lowest BCUT2D eigenvalue weighted by Crippen LogP contribution is -2.25. The molecule has 0 atom stereocenters. The van der Waals surface area contributed by atoms with E-state index in [2.05, 4.69) is 46.9 Å². The van der Waals surface area contributed by atoms with Gasteiger partial charge in [-0.25, -0.2) is 0 Å². The summed E-state index contributed by atoms with van der Waals surface area (Å²) < 4.78 is 0. The highest BCUT2D eigenvalue weighted by Gasteiger charge is 2.07. The highest BCUT2D eigenvalue weighted by molar-refractivity contribution is 5.76. The number of hydrogen-bond acceptors (Lipinski definition) is 7. The van der Waals surface area contributed by atoms with Crippen LogP contribution in [0.15, 0.2) is 58.6 Å². The minimum absolute atomic E-state index is 0.108. The normalized spacial score (nSPS) is 13.4. The lowest BCUT2D eigenvalue weighted by molar-refractivity contribution is -0.121. The summed E-state index contributed by atoms with van der Waals surface area (Å²) in [6, 6.07) is 0. The molecule has 0 unspecified atom stereocenters. The fourth-order valence-corrected chi connectivity index (χ4v) is 2.59. The van der Waals surface area contributed by atoms with E-state index in [1.165, 1.54) is 18.7 Å². The van der Waals surface area contributed by atoms with Crippen molar-refractivity contribution < 1.29 is 9.59 Å². The van der Waals surface area contributed by atoms with Crippen LogP contribution < -0.4 is 11.1 Å². The van der Waals surface area contributed by atoms with Gasteiger partial charge in [-0.1, -0.05) is 37.6 Å². The lowest BCUT2D eigenvalue weighted by atomic mass is 9.97. The number of nitrogens with zero attached hydrogens (tertiary/aromatic N) is 4. The zero-order chi connectivity index (χ0) is 23.3. The van der Waals surface area contributed by atoms with E-state index in [1.807, 2.05) is 6.21 Å². The van der Waals surface area contributed by atoms with Crippen LogP contribution in [0.3, 0.4) is 0 Å². The average molecular weight is 431 g/mol. The summed E-state index contributed by atoms with van der Waals surface area (Å²) in [7, 11) is 3.28. The van der Waals surface area contributed by atoms with E-state index in [4.69, 9.17) is 0 Å². The highest BCUT2D eigenvalue weighted by Crippen LogP contribution is 2.19. The van der Waals surface area contributed by atoms with Crippen molar-refractivity contribution in [3.05, 3.63) is 48.4 Å². The SMILES string of the molecule is C=CN(C)/N=C\CN(/C=C\C=O)/N=C/CC1=CC(CNC(=O)CCCC)=CCC1.CN. The number of nitrogens with one attached hydrogen (secondary N) is 1. The molecule has 172 valence electrons. The molecule has 0 aromatic heterocycles. The van der Waals surface area contributed by atoms with Crippen molar-refractivity contribution in [2.24, 2.45) is 15.9 Å². The van der Waals surface area contributed by atoms with Crippen LogP contribution in [0.1, 0.15) is 45.4 Å². The molecule has 1 aliphatic carbocycles. The average Bonchev–Trinajstić information content (AvgIpc) is 2.80. The van der Waals surface area contributed by atoms with E-state index in [0.29, 0.717) is 25.8 Å². The number of rotatable bonds is 14. The number of carbonyl (C=O) groups is 2. The smallest absolute Gasteiger partial charge is 0.220 e. The molecular weight excluding hydrogens is 392 g/mol. The first kappa shape index (κ1) is 28.0. The van der Waals surface area contributed by atoms with E-state index >= 15 is 0 Å². The summed E-state index contributed by atoms with van der Waals surface area (Å²) in [5.41, 5.74) is 6.91. The maximum absolute atomic E-state index is 11.8. The molecule has 0 saturated carbocycles. The van der Waals surface area contributed by atoms with Crippen LogP contribution in [0.4, 0.5) is 0 Å². The standard InChI is InChI=1S/C22H33N5O2.CH5N/c1-4-6-11-22(29)23-19-21-10-7-9-20(18-21)12-13-25-27(15-8-17-28)16-14-24-26(3)5-2;1-2/h5,8,10,13-15,17-18H,2,4,6-7,9,11-12,16,19H2,1,3H3,(H,23,29);2H2,1H3/b15-8-,24-14-,25-13+;. The molecule has 0 radical (unpaired) electrons. The van der Waals surface area contributed by atoms with Gasteiger partial charge >= 0.3 is 0 Å². The fraction of sp³-hybridized carbons (Fsp3) is 0.478. The molecule has 8 nitrogen and oxygen atoms in total. The zero-order valence-corrected chi connectivity index (χ0v) is 19.2. The molecule has 0 aromatic rings. The third-order valence-electron chi connectivity index (χ3n) is 4.23. The van der Waals surface area contributed by atoms with Gasteiger partial charge in [-0.15, -0.1) is 0 Å². The number of allylic oxidation sites excluding steroid dienone is 3. The summed E-state index contributed by atoms with van der Waals surface area (Å²) in [5, 5.41) is 14.8. The van der Waals surface area contributed by atoms with Crippen molar-refractivity contribution in [2.75, 3.05) is 27.2 Å². The molecule has 0 aliphatic heterocycles. The molecule has 31 heavy (non-hydrogen) atoms. The molecule has 0 spiro atoms. The quantitative estimate of drug-likeness (QED) is 0.191. The van der Waals surface area contributed by atoms with Crippen molar-refractivity contribution in [3.8, 4) is 0 Å². The Kier molecular flexibility index (Phi) is 17.2. The molecule has 1 rings (SSSR count). The Hall–Kier alpha value is -3.00. The molecule has 1 amide bonds. The van der Waals surface area contributed by atoms with Crippen molar-refractivity contribution in [2.45, 2.75) is 45.4 Å². The second kappa shape index (κ2) is 19.0. The van der Waals surface area contributed by atoms with Gasteiger partial charge in [0.1, 0.15) is 6.29 Å². The molecule has 0 saturated heterocycles. The first-order valence-electron chi connectivity index (χ1n) is 10.6. The van der Waals surface area contributed by atoms with Crippen LogP contribution in [-0.4, -0.2) is 61.8 Å². The van der Waals surface area contributed by atoms with E-state index in [1.54, 1.807) is 35.7 Å². The minimum atomic E-state index is 0.108. The number of carbonyl (C=O) groups excluding carboxylic acids is 2. The second-order valence-corrected chi connectivity index (χ2v) is 6.66. The summed E-state index contributed by atoms with van der Waals surface area (Å²) in [5.74, 6) is 0.108. The maximum atomic E-state index is 11.8. The molecule has 0 heterocycles. The summed E-state index contributed by atoms with van der Waals surface area (Å²) in [6.07, 6.45) is 18.3. The van der Waals surface area contributed by atoms with E-state index < -0.39 is 0 Å². The van der Waals surface area contributed by atoms with E-state index in [-0.39, 0.29) is 5.91 Å². The highest BCUT2D eigenvalue weighted by atomic mass is 16.1. The number of aldehydes is 1. The molecule has 0 aromatic carbocycles. The van der Waals surface area contributed by atoms with Gasteiger partial charge in [0, 0.05) is 51.3 Å². The Morgan fingerprint density at radius 3 is 2.77 bits per heavy atom. The van der Waals surface area contributed by atoms with E-state index in [9.17, 15) is 9.59 Å². The molecular formula is C23H38N6O2.